The number of hydrogen-bond acceptors (Lipinski definition) is 3. The molecule has 0 amide bonds. The maximum Gasteiger partial charge on any atom is 0.133 e. The molecule has 0 aromatic heterocycles. The number of fused-ring (bicyclic) bond motifs is 4. The van der Waals surface area contributed by atoms with Crippen molar-refractivity contribution >= 4 is 62.8 Å². The Morgan fingerprint density at radius 3 is 1.53 bits per heavy atom. The van der Waals surface area contributed by atoms with E-state index in [4.69, 9.17) is 4.65 Å². The second-order valence-corrected chi connectivity index (χ2v) is 16.0. The summed E-state index contributed by atoms with van der Waals surface area (Å²) in [5.41, 5.74) is 0.758. The molecule has 0 saturated heterocycles. The minimum absolute atomic E-state index is 0.341. The zero-order chi connectivity index (χ0) is 32.1. The normalized spacial score (nSPS) is 13.7. The third-order valence-electron chi connectivity index (χ3n) is 9.52. The van der Waals surface area contributed by atoms with Crippen LogP contribution in [0.15, 0.2) is 158 Å². The van der Waals surface area contributed by atoms with Crippen LogP contribution in [0.5, 0.6) is 5.75 Å². The Balaban J connectivity index is 0.000000151. The Morgan fingerprint density at radius 1 is 0.489 bits per heavy atom. The third kappa shape index (κ3) is 6.30. The van der Waals surface area contributed by atoms with Gasteiger partial charge in [0.1, 0.15) is 36.2 Å². The molecule has 0 heterocycles. The van der Waals surface area contributed by atoms with Crippen molar-refractivity contribution in [3.63, 3.8) is 0 Å². The molecule has 47 heavy (non-hydrogen) atoms. The first kappa shape index (κ1) is 31.2. The molecule has 0 unspecified atom stereocenters. The van der Waals surface area contributed by atoms with Crippen molar-refractivity contribution in [2.24, 2.45) is 0 Å². The van der Waals surface area contributed by atoms with E-state index in [0.717, 1.165) is 38.0 Å². The van der Waals surface area contributed by atoms with Crippen molar-refractivity contribution in [2.75, 3.05) is 0 Å². The van der Waals surface area contributed by atoms with Crippen LogP contribution in [0.4, 0.5) is 0 Å². The van der Waals surface area contributed by atoms with Gasteiger partial charge < -0.3 is 14.7 Å². The van der Waals surface area contributed by atoms with Crippen LogP contribution in [0.25, 0.3) is 32.3 Å². The SMILES string of the molecule is [O-]B([O-])Oc1cccc2ccc3cc4ccccc4cc3c12.c1ccc([P+](c2ccccc2)(c2ccccc2)C2CCCCC2)cc1. The second kappa shape index (κ2) is 14.1. The van der Waals surface area contributed by atoms with Crippen LogP contribution < -0.4 is 30.6 Å². The lowest BCUT2D eigenvalue weighted by Gasteiger charge is -2.36. The topological polar surface area (TPSA) is 55.3 Å². The molecule has 7 aromatic carbocycles. The standard InChI is InChI=1S/C24H26P.C18H11BO3/c1-5-13-21(14-6-1)25(22-15-7-2-8-16-22,23-17-9-3-10-18-23)24-19-11-4-12-20-24;20-19(21)22-17-7-3-6-12-8-9-15-10-13-4-1-2-5-14(13)11-16(15)18(12)17/h1-3,5-10,13-18,24H,4,11-12,19-20H2;1-11H/q+1;-2. The van der Waals surface area contributed by atoms with Gasteiger partial charge in [-0.05, 0) is 107 Å². The van der Waals surface area contributed by atoms with Crippen LogP contribution in [0, 0.1) is 0 Å². The Morgan fingerprint density at radius 2 is 0.979 bits per heavy atom. The minimum Gasteiger partial charge on any atom is -0.860 e. The Hall–Kier alpha value is -4.47. The summed E-state index contributed by atoms with van der Waals surface area (Å²) in [5, 5.41) is 32.5. The van der Waals surface area contributed by atoms with E-state index in [1.165, 1.54) is 32.1 Å². The highest BCUT2D eigenvalue weighted by Crippen LogP contribution is 2.63. The average molecular weight is 632 g/mol. The fourth-order valence-corrected chi connectivity index (χ4v) is 12.7. The minimum atomic E-state index is -2.33. The molecule has 0 N–H and O–H groups in total. The smallest absolute Gasteiger partial charge is 0.133 e. The van der Waals surface area contributed by atoms with Crippen molar-refractivity contribution < 1.29 is 14.7 Å². The van der Waals surface area contributed by atoms with Crippen molar-refractivity contribution in [3.05, 3.63) is 158 Å². The molecule has 0 atom stereocenters. The van der Waals surface area contributed by atoms with Crippen LogP contribution in [-0.4, -0.2) is 13.0 Å². The van der Waals surface area contributed by atoms with Gasteiger partial charge in [0, 0.05) is 5.39 Å². The van der Waals surface area contributed by atoms with Crippen LogP contribution in [0.1, 0.15) is 32.1 Å². The predicted molar refractivity (Wildman–Crippen MR) is 197 cm³/mol. The summed E-state index contributed by atoms with van der Waals surface area (Å²) in [7, 11) is -3.96. The van der Waals surface area contributed by atoms with E-state index >= 15 is 0 Å². The van der Waals surface area contributed by atoms with Gasteiger partial charge in [0.25, 0.3) is 0 Å². The van der Waals surface area contributed by atoms with Crippen molar-refractivity contribution in [1.82, 2.24) is 0 Å². The van der Waals surface area contributed by atoms with Gasteiger partial charge in [0.05, 0.1) is 5.66 Å². The summed E-state index contributed by atoms with van der Waals surface area (Å²) in [4.78, 5) is 0. The highest BCUT2D eigenvalue weighted by Gasteiger charge is 2.52. The molecule has 1 aliphatic carbocycles. The van der Waals surface area contributed by atoms with E-state index < -0.39 is 14.6 Å². The highest BCUT2D eigenvalue weighted by molar-refractivity contribution is 7.96. The lowest BCUT2D eigenvalue weighted by atomic mass is 9.97. The summed E-state index contributed by atoms with van der Waals surface area (Å²) in [6.45, 7) is 0. The van der Waals surface area contributed by atoms with Crippen LogP contribution in [0.3, 0.4) is 0 Å². The van der Waals surface area contributed by atoms with Crippen molar-refractivity contribution in [1.29, 1.82) is 0 Å². The van der Waals surface area contributed by atoms with Gasteiger partial charge in [-0.15, -0.1) is 0 Å². The fourth-order valence-electron chi connectivity index (χ4n) is 7.51. The molecule has 5 heteroatoms. The lowest BCUT2D eigenvalue weighted by molar-refractivity contribution is -0.372. The summed E-state index contributed by atoms with van der Waals surface area (Å²) >= 11 is 0. The Kier molecular flexibility index (Phi) is 9.35. The van der Waals surface area contributed by atoms with Crippen LogP contribution in [0.2, 0.25) is 0 Å². The molecule has 7 aromatic rings. The van der Waals surface area contributed by atoms with Crippen LogP contribution in [-0.2, 0) is 0 Å². The molecular weight excluding hydrogens is 594 g/mol. The van der Waals surface area contributed by atoms with E-state index in [1.807, 2.05) is 36.4 Å². The van der Waals surface area contributed by atoms with E-state index in [0.29, 0.717) is 5.75 Å². The summed E-state index contributed by atoms with van der Waals surface area (Å²) in [6, 6.07) is 55.7. The summed E-state index contributed by atoms with van der Waals surface area (Å²) in [5.74, 6) is 0.341. The maximum atomic E-state index is 10.9. The van der Waals surface area contributed by atoms with E-state index in [9.17, 15) is 10.0 Å². The molecule has 1 aliphatic rings. The molecular formula is C42H37BO3P-. The first-order valence-electron chi connectivity index (χ1n) is 16.5. The van der Waals surface area contributed by atoms with E-state index in [2.05, 4.69) is 109 Å². The van der Waals surface area contributed by atoms with Gasteiger partial charge in [0.15, 0.2) is 0 Å². The zero-order valence-corrected chi connectivity index (χ0v) is 27.3. The fraction of sp³-hybridized carbons (Fsp3) is 0.143. The molecule has 1 fully saturated rings. The van der Waals surface area contributed by atoms with Gasteiger partial charge in [-0.2, -0.15) is 0 Å². The zero-order valence-electron chi connectivity index (χ0n) is 26.4. The molecule has 1 saturated carbocycles. The molecule has 0 radical (unpaired) electrons. The van der Waals surface area contributed by atoms with Gasteiger partial charge >= 0.3 is 0 Å². The molecule has 0 spiro atoms. The van der Waals surface area contributed by atoms with Gasteiger partial charge in [-0.3, -0.25) is 0 Å². The maximum absolute atomic E-state index is 10.9. The first-order chi connectivity index (χ1) is 23.1. The Bertz CT molecular complexity index is 1980. The number of rotatable bonds is 6. The first-order valence-corrected chi connectivity index (χ1v) is 18.4. The second-order valence-electron chi connectivity index (χ2n) is 12.3. The van der Waals surface area contributed by atoms with E-state index in [1.54, 1.807) is 28.0 Å². The molecule has 232 valence electrons. The highest BCUT2D eigenvalue weighted by atomic mass is 31.2. The lowest BCUT2D eigenvalue weighted by Crippen LogP contribution is -2.50. The van der Waals surface area contributed by atoms with Crippen molar-refractivity contribution in [3.8, 4) is 5.75 Å². The van der Waals surface area contributed by atoms with Gasteiger partial charge in [0.2, 0.25) is 0 Å². The molecule has 0 bridgehead atoms. The number of benzene rings is 7. The molecule has 8 rings (SSSR count). The van der Waals surface area contributed by atoms with E-state index in [-0.39, 0.29) is 0 Å². The summed E-state index contributed by atoms with van der Waals surface area (Å²) in [6.07, 6.45) is 6.85. The van der Waals surface area contributed by atoms with Gasteiger partial charge in [-0.25, -0.2) is 0 Å². The Labute approximate surface area is 278 Å². The molecule has 0 aliphatic heterocycles. The largest absolute Gasteiger partial charge is 0.860 e. The quantitative estimate of drug-likeness (QED) is 0.0825. The van der Waals surface area contributed by atoms with Crippen molar-refractivity contribution in [2.45, 2.75) is 37.8 Å². The van der Waals surface area contributed by atoms with Crippen LogP contribution >= 0.6 is 7.26 Å². The monoisotopic (exact) mass is 631 g/mol. The predicted octanol–water partition coefficient (Wildman–Crippen LogP) is 7.54. The number of hydrogen-bond donors (Lipinski definition) is 0. The summed E-state index contributed by atoms with van der Waals surface area (Å²) < 4.78 is 4.94. The van der Waals surface area contributed by atoms with Gasteiger partial charge in [-0.1, -0.05) is 110 Å². The molecule has 3 nitrogen and oxygen atoms in total. The average Bonchev–Trinajstić information content (AvgIpc) is 3.13. The third-order valence-corrected chi connectivity index (χ3v) is 14.5.